The molecule has 2 aromatic heterocycles. The van der Waals surface area contributed by atoms with E-state index in [9.17, 15) is 4.79 Å². The lowest BCUT2D eigenvalue weighted by molar-refractivity contribution is 0.0921. The number of aryl methyl sites for hydroxylation is 2. The summed E-state index contributed by atoms with van der Waals surface area (Å²) < 4.78 is 5.63. The highest BCUT2D eigenvalue weighted by molar-refractivity contribution is 7.98. The molecule has 1 aromatic carbocycles. The summed E-state index contributed by atoms with van der Waals surface area (Å²) >= 11 is 3.26. The second kappa shape index (κ2) is 7.68. The average molecular weight is 358 g/mol. The number of rotatable bonds is 6. The van der Waals surface area contributed by atoms with E-state index in [0.717, 1.165) is 16.5 Å². The average Bonchev–Trinajstić information content (AvgIpc) is 3.21. The number of carbonyl (C=O) groups is 1. The fourth-order valence-corrected chi connectivity index (χ4v) is 3.52. The van der Waals surface area contributed by atoms with Gasteiger partial charge in [0.25, 0.3) is 5.91 Å². The maximum absolute atomic E-state index is 12.1. The highest BCUT2D eigenvalue weighted by atomic mass is 32.2. The van der Waals surface area contributed by atoms with Crippen LogP contribution in [0.4, 0.5) is 0 Å². The van der Waals surface area contributed by atoms with Crippen LogP contribution in [0.1, 0.15) is 32.6 Å². The summed E-state index contributed by atoms with van der Waals surface area (Å²) in [6.07, 6.45) is 0. The zero-order valence-corrected chi connectivity index (χ0v) is 15.2. The summed E-state index contributed by atoms with van der Waals surface area (Å²) in [4.78, 5) is 17.6. The first-order valence-electron chi connectivity index (χ1n) is 7.57. The number of amides is 1. The molecule has 4 nitrogen and oxygen atoms in total. The Balaban J connectivity index is 1.52. The minimum Gasteiger partial charge on any atom is -0.455 e. The van der Waals surface area contributed by atoms with Crippen LogP contribution in [0.25, 0.3) is 0 Å². The summed E-state index contributed by atoms with van der Waals surface area (Å²) in [5.41, 5.74) is 2.11. The number of hydrogen-bond donors (Lipinski definition) is 1. The van der Waals surface area contributed by atoms with Gasteiger partial charge in [0, 0.05) is 10.3 Å². The van der Waals surface area contributed by atoms with Gasteiger partial charge in [-0.15, -0.1) is 23.1 Å². The van der Waals surface area contributed by atoms with Crippen molar-refractivity contribution in [1.29, 1.82) is 0 Å². The van der Waals surface area contributed by atoms with E-state index in [1.165, 1.54) is 10.5 Å². The van der Waals surface area contributed by atoms with Crippen molar-refractivity contribution >= 4 is 29.0 Å². The highest BCUT2D eigenvalue weighted by Crippen LogP contribution is 2.24. The van der Waals surface area contributed by atoms with Crippen molar-refractivity contribution in [2.45, 2.75) is 31.0 Å². The molecule has 0 aliphatic carbocycles. The van der Waals surface area contributed by atoms with Crippen molar-refractivity contribution in [2.24, 2.45) is 0 Å². The van der Waals surface area contributed by atoms with Gasteiger partial charge in [-0.05, 0) is 38.1 Å². The third-order valence-corrected chi connectivity index (χ3v) is 5.24. The molecule has 0 aliphatic heterocycles. The van der Waals surface area contributed by atoms with Gasteiger partial charge in [-0.1, -0.05) is 17.7 Å². The molecule has 0 spiro atoms. The molecule has 0 saturated heterocycles. The van der Waals surface area contributed by atoms with Gasteiger partial charge in [0.15, 0.2) is 5.76 Å². The maximum atomic E-state index is 12.1. The van der Waals surface area contributed by atoms with Crippen LogP contribution in [0.3, 0.4) is 0 Å². The van der Waals surface area contributed by atoms with Crippen LogP contribution in [-0.4, -0.2) is 10.9 Å². The molecular formula is C18H18N2O2S2. The molecule has 2 heterocycles. The van der Waals surface area contributed by atoms with Crippen LogP contribution < -0.4 is 5.32 Å². The minimum absolute atomic E-state index is 0.216. The molecule has 0 fully saturated rings. The number of thioether (sulfide) groups is 1. The predicted octanol–water partition coefficient (Wildman–Crippen LogP) is 4.58. The van der Waals surface area contributed by atoms with E-state index < -0.39 is 0 Å². The monoisotopic (exact) mass is 358 g/mol. The first-order chi connectivity index (χ1) is 11.6. The van der Waals surface area contributed by atoms with Crippen molar-refractivity contribution in [2.75, 3.05) is 0 Å². The summed E-state index contributed by atoms with van der Waals surface area (Å²) in [6, 6.07) is 11.9. The fraction of sp³-hybridized carbons (Fsp3) is 0.222. The molecule has 1 N–H and O–H groups in total. The van der Waals surface area contributed by atoms with Crippen molar-refractivity contribution in [3.05, 3.63) is 69.6 Å². The lowest BCUT2D eigenvalue weighted by atomic mass is 10.2. The first-order valence-corrected chi connectivity index (χ1v) is 9.44. The van der Waals surface area contributed by atoms with Crippen LogP contribution in [-0.2, 0) is 12.3 Å². The Morgan fingerprint density at radius 2 is 2.00 bits per heavy atom. The van der Waals surface area contributed by atoms with Crippen molar-refractivity contribution in [3.63, 3.8) is 0 Å². The zero-order valence-electron chi connectivity index (χ0n) is 13.5. The molecule has 0 atom stereocenters. The topological polar surface area (TPSA) is 55.1 Å². The first kappa shape index (κ1) is 16.8. The Kier molecular flexibility index (Phi) is 5.37. The van der Waals surface area contributed by atoms with Gasteiger partial charge in [-0.2, -0.15) is 0 Å². The quantitative estimate of drug-likeness (QED) is 0.656. The van der Waals surface area contributed by atoms with Gasteiger partial charge in [-0.3, -0.25) is 4.79 Å². The van der Waals surface area contributed by atoms with Gasteiger partial charge >= 0.3 is 0 Å². The van der Waals surface area contributed by atoms with Crippen LogP contribution in [0.2, 0.25) is 0 Å². The maximum Gasteiger partial charge on any atom is 0.287 e. The van der Waals surface area contributed by atoms with Crippen LogP contribution in [0.15, 0.2) is 51.1 Å². The molecule has 0 saturated carbocycles. The smallest absolute Gasteiger partial charge is 0.287 e. The van der Waals surface area contributed by atoms with Crippen molar-refractivity contribution < 1.29 is 9.21 Å². The highest BCUT2D eigenvalue weighted by Gasteiger charge is 2.11. The van der Waals surface area contributed by atoms with E-state index >= 15 is 0 Å². The third-order valence-electron chi connectivity index (χ3n) is 3.38. The number of hydrogen-bond acceptors (Lipinski definition) is 5. The number of furan rings is 1. The number of nitrogens with zero attached hydrogens (tertiary/aromatic N) is 1. The molecule has 0 unspecified atom stereocenters. The SMILES string of the molecule is Cc1ccc(SCc2ccc(C(=O)NCc3csc(C)n3)o2)cc1. The Bertz CT molecular complexity index is 822. The molecule has 124 valence electrons. The van der Waals surface area contributed by atoms with Crippen LogP contribution in [0.5, 0.6) is 0 Å². The molecule has 6 heteroatoms. The van der Waals surface area contributed by atoms with E-state index in [-0.39, 0.29) is 5.91 Å². The van der Waals surface area contributed by atoms with Gasteiger partial charge in [-0.25, -0.2) is 4.98 Å². The molecule has 0 aliphatic rings. The number of aromatic nitrogens is 1. The third kappa shape index (κ3) is 4.49. The number of benzene rings is 1. The van der Waals surface area contributed by atoms with Crippen molar-refractivity contribution in [1.82, 2.24) is 10.3 Å². The number of nitrogens with one attached hydrogen (secondary N) is 1. The second-order valence-electron chi connectivity index (χ2n) is 5.41. The summed E-state index contributed by atoms with van der Waals surface area (Å²) in [6.45, 7) is 4.43. The molecule has 0 radical (unpaired) electrons. The predicted molar refractivity (Wildman–Crippen MR) is 97.5 cm³/mol. The summed E-state index contributed by atoms with van der Waals surface area (Å²) in [7, 11) is 0. The van der Waals surface area contributed by atoms with Gasteiger partial charge in [0.05, 0.1) is 23.0 Å². The van der Waals surface area contributed by atoms with Gasteiger partial charge in [0.2, 0.25) is 0 Å². The Morgan fingerprint density at radius 3 is 2.71 bits per heavy atom. The van der Waals surface area contributed by atoms with E-state index in [1.807, 2.05) is 18.4 Å². The second-order valence-corrected chi connectivity index (χ2v) is 7.52. The van der Waals surface area contributed by atoms with Crippen LogP contribution >= 0.6 is 23.1 Å². The fourth-order valence-electron chi connectivity index (χ4n) is 2.11. The number of carbonyl (C=O) groups excluding carboxylic acids is 1. The summed E-state index contributed by atoms with van der Waals surface area (Å²) in [5, 5.41) is 5.77. The van der Waals surface area contributed by atoms with Crippen molar-refractivity contribution in [3.8, 4) is 0 Å². The Hall–Kier alpha value is -2.05. The van der Waals surface area contributed by atoms with E-state index in [0.29, 0.717) is 18.1 Å². The Morgan fingerprint density at radius 1 is 1.21 bits per heavy atom. The number of thiazole rings is 1. The molecule has 3 aromatic rings. The lowest BCUT2D eigenvalue weighted by Gasteiger charge is -2.01. The minimum atomic E-state index is -0.216. The zero-order chi connectivity index (χ0) is 16.9. The normalized spacial score (nSPS) is 10.8. The largest absolute Gasteiger partial charge is 0.455 e. The molecular weight excluding hydrogens is 340 g/mol. The van der Waals surface area contributed by atoms with Gasteiger partial charge in [0.1, 0.15) is 5.76 Å². The van der Waals surface area contributed by atoms with Crippen LogP contribution in [0, 0.1) is 13.8 Å². The molecule has 24 heavy (non-hydrogen) atoms. The standard InChI is InChI=1S/C18H18N2O2S2/c1-12-3-6-16(7-4-12)24-11-15-5-8-17(22-15)18(21)19-9-14-10-23-13(2)20-14/h3-8,10H,9,11H2,1-2H3,(H,19,21). The molecule has 1 amide bonds. The van der Waals surface area contributed by atoms with E-state index in [2.05, 4.69) is 41.5 Å². The van der Waals surface area contributed by atoms with E-state index in [1.54, 1.807) is 29.2 Å². The summed E-state index contributed by atoms with van der Waals surface area (Å²) in [5.74, 6) is 1.60. The Labute approximate surface area is 149 Å². The molecule has 3 rings (SSSR count). The van der Waals surface area contributed by atoms with E-state index in [4.69, 9.17) is 4.42 Å². The lowest BCUT2D eigenvalue weighted by Crippen LogP contribution is -2.22. The molecule has 0 bridgehead atoms. The van der Waals surface area contributed by atoms with Gasteiger partial charge < -0.3 is 9.73 Å².